The molecular formula is C18H27N3O5S. The van der Waals surface area contributed by atoms with E-state index in [0.29, 0.717) is 18.7 Å². The molecule has 0 spiro atoms. The third-order valence-electron chi connectivity index (χ3n) is 3.97. The topological polar surface area (TPSA) is 105 Å². The predicted octanol–water partition coefficient (Wildman–Crippen LogP) is 1.41. The minimum absolute atomic E-state index is 0.0415. The van der Waals surface area contributed by atoms with Crippen LogP contribution in [0.2, 0.25) is 0 Å². The lowest BCUT2D eigenvalue weighted by Crippen LogP contribution is -2.47. The van der Waals surface area contributed by atoms with Crippen molar-refractivity contribution in [2.45, 2.75) is 45.8 Å². The average Bonchev–Trinajstić information content (AvgIpc) is 2.97. The molecule has 1 aromatic carbocycles. The normalized spacial score (nSPS) is 15.0. The Labute approximate surface area is 160 Å². The largest absolute Gasteiger partial charge is 0.444 e. The summed E-state index contributed by atoms with van der Waals surface area (Å²) in [7, 11) is -3.54. The molecule has 2 rings (SSSR count). The summed E-state index contributed by atoms with van der Waals surface area (Å²) in [6, 6.07) is 6.55. The Morgan fingerprint density at radius 1 is 1.26 bits per heavy atom. The van der Waals surface area contributed by atoms with Gasteiger partial charge >= 0.3 is 6.09 Å². The standard InChI is InChI=1S/C18H27N3O5S/c1-13(20-17(23)26-18(2,3)4)16(22)19-10-12-27(24,25)21-11-9-14-7-5-6-8-15(14)21/h5-8,13H,9-12H2,1-4H3,(H,19,22)(H,20,23)/t13-/m0/s1. The number of hydrogen-bond donors (Lipinski definition) is 2. The molecule has 1 aromatic rings. The van der Waals surface area contributed by atoms with Crippen molar-refractivity contribution in [3.63, 3.8) is 0 Å². The van der Waals surface area contributed by atoms with Gasteiger partial charge in [0.15, 0.2) is 0 Å². The summed E-state index contributed by atoms with van der Waals surface area (Å²) in [6.07, 6.45) is -0.0232. The Bertz CT molecular complexity index is 801. The second-order valence-corrected chi connectivity index (χ2v) is 9.44. The molecule has 0 fully saturated rings. The number of hydrogen-bond acceptors (Lipinski definition) is 5. The van der Waals surface area contributed by atoms with E-state index in [0.717, 1.165) is 5.56 Å². The van der Waals surface area contributed by atoms with Gasteiger partial charge in [-0.2, -0.15) is 0 Å². The maximum atomic E-state index is 12.6. The molecule has 27 heavy (non-hydrogen) atoms. The molecule has 0 radical (unpaired) electrons. The molecule has 1 aliphatic heterocycles. The summed E-state index contributed by atoms with van der Waals surface area (Å²) < 4.78 is 31.6. The first-order valence-corrected chi connectivity index (χ1v) is 10.5. The molecule has 0 unspecified atom stereocenters. The third-order valence-corrected chi connectivity index (χ3v) is 5.74. The summed E-state index contributed by atoms with van der Waals surface area (Å²) in [6.45, 7) is 7.03. The molecule has 8 nitrogen and oxygen atoms in total. The number of amides is 2. The Morgan fingerprint density at radius 3 is 2.59 bits per heavy atom. The first-order valence-electron chi connectivity index (χ1n) is 8.85. The van der Waals surface area contributed by atoms with E-state index in [9.17, 15) is 18.0 Å². The van der Waals surface area contributed by atoms with Crippen molar-refractivity contribution in [3.8, 4) is 0 Å². The summed E-state index contributed by atoms with van der Waals surface area (Å²) in [5.74, 6) is -0.690. The van der Waals surface area contributed by atoms with Gasteiger partial charge in [-0.3, -0.25) is 9.10 Å². The fraction of sp³-hybridized carbons (Fsp3) is 0.556. The van der Waals surface area contributed by atoms with Crippen LogP contribution in [0, 0.1) is 0 Å². The summed E-state index contributed by atoms with van der Waals surface area (Å²) >= 11 is 0. The van der Waals surface area contributed by atoms with Crippen molar-refractivity contribution < 1.29 is 22.7 Å². The predicted molar refractivity (Wildman–Crippen MR) is 103 cm³/mol. The maximum absolute atomic E-state index is 12.6. The molecule has 1 aliphatic rings. The molecule has 2 N–H and O–H groups in total. The van der Waals surface area contributed by atoms with Crippen LogP contribution < -0.4 is 14.9 Å². The first kappa shape index (κ1) is 21.0. The van der Waals surface area contributed by atoms with Crippen LogP contribution in [-0.2, 0) is 26.0 Å². The highest BCUT2D eigenvalue weighted by Gasteiger charge is 2.29. The molecule has 0 aliphatic carbocycles. The van der Waals surface area contributed by atoms with E-state index in [1.54, 1.807) is 32.9 Å². The number of fused-ring (bicyclic) bond motifs is 1. The molecule has 0 bridgehead atoms. The van der Waals surface area contributed by atoms with Crippen molar-refractivity contribution in [3.05, 3.63) is 29.8 Å². The van der Waals surface area contributed by atoms with E-state index in [-0.39, 0.29) is 12.3 Å². The number of rotatable bonds is 6. The van der Waals surface area contributed by atoms with Crippen LogP contribution in [0.1, 0.15) is 33.3 Å². The zero-order valence-electron chi connectivity index (χ0n) is 16.1. The van der Waals surface area contributed by atoms with Crippen molar-refractivity contribution in [2.75, 3.05) is 23.1 Å². The lowest BCUT2D eigenvalue weighted by atomic mass is 10.2. The van der Waals surface area contributed by atoms with Gasteiger partial charge in [0.1, 0.15) is 11.6 Å². The number of nitrogens with one attached hydrogen (secondary N) is 2. The molecule has 1 atom stereocenters. The highest BCUT2D eigenvalue weighted by Crippen LogP contribution is 2.29. The summed E-state index contributed by atoms with van der Waals surface area (Å²) in [5.41, 5.74) is 1.03. The van der Waals surface area contributed by atoms with Crippen LogP contribution in [0.4, 0.5) is 10.5 Å². The number of alkyl carbamates (subject to hydrolysis) is 1. The number of benzene rings is 1. The number of sulfonamides is 1. The molecule has 2 amide bonds. The van der Waals surface area contributed by atoms with Crippen molar-refractivity contribution >= 4 is 27.7 Å². The number of nitrogens with zero attached hydrogens (tertiary/aromatic N) is 1. The monoisotopic (exact) mass is 397 g/mol. The number of carbonyl (C=O) groups excluding carboxylic acids is 2. The van der Waals surface area contributed by atoms with E-state index in [2.05, 4.69) is 10.6 Å². The number of ether oxygens (including phenoxy) is 1. The number of carbonyl (C=O) groups is 2. The lowest BCUT2D eigenvalue weighted by Gasteiger charge is -2.22. The van der Waals surface area contributed by atoms with E-state index >= 15 is 0 Å². The Hall–Kier alpha value is -2.29. The molecule has 0 aromatic heterocycles. The second-order valence-electron chi connectivity index (χ2n) is 7.43. The summed E-state index contributed by atoms with van der Waals surface area (Å²) in [5, 5.41) is 4.96. The van der Waals surface area contributed by atoms with Gasteiger partial charge < -0.3 is 15.4 Å². The van der Waals surface area contributed by atoms with Gasteiger partial charge in [0.05, 0.1) is 11.4 Å². The highest BCUT2D eigenvalue weighted by molar-refractivity contribution is 7.92. The van der Waals surface area contributed by atoms with E-state index < -0.39 is 33.7 Å². The van der Waals surface area contributed by atoms with Gasteiger partial charge in [0, 0.05) is 13.1 Å². The molecular weight excluding hydrogens is 370 g/mol. The van der Waals surface area contributed by atoms with Gasteiger partial charge in [0.25, 0.3) is 0 Å². The quantitative estimate of drug-likeness (QED) is 0.755. The van der Waals surface area contributed by atoms with Gasteiger partial charge in [-0.25, -0.2) is 13.2 Å². The summed E-state index contributed by atoms with van der Waals surface area (Å²) in [4.78, 5) is 23.7. The SMILES string of the molecule is C[C@H](NC(=O)OC(C)(C)C)C(=O)NCCS(=O)(=O)N1CCc2ccccc21. The Kier molecular flexibility index (Phi) is 6.35. The fourth-order valence-corrected chi connectivity index (χ4v) is 4.14. The molecule has 9 heteroatoms. The van der Waals surface area contributed by atoms with Crippen LogP contribution in [0.25, 0.3) is 0 Å². The van der Waals surface area contributed by atoms with Gasteiger partial charge in [-0.05, 0) is 45.7 Å². The minimum Gasteiger partial charge on any atom is -0.444 e. The Morgan fingerprint density at radius 2 is 1.93 bits per heavy atom. The lowest BCUT2D eigenvalue weighted by molar-refractivity contribution is -0.122. The van der Waals surface area contributed by atoms with Crippen LogP contribution in [-0.4, -0.2) is 50.9 Å². The first-order chi connectivity index (χ1) is 12.5. The van der Waals surface area contributed by atoms with Gasteiger partial charge in [-0.15, -0.1) is 0 Å². The smallest absolute Gasteiger partial charge is 0.408 e. The fourth-order valence-electron chi connectivity index (χ4n) is 2.71. The van der Waals surface area contributed by atoms with E-state index in [1.165, 1.54) is 11.2 Å². The molecule has 0 saturated heterocycles. The van der Waals surface area contributed by atoms with E-state index in [4.69, 9.17) is 4.74 Å². The Balaban J connectivity index is 1.83. The molecule has 0 saturated carbocycles. The van der Waals surface area contributed by atoms with Crippen LogP contribution in [0.3, 0.4) is 0 Å². The molecule has 150 valence electrons. The second kappa shape index (κ2) is 8.16. The van der Waals surface area contributed by atoms with Crippen molar-refractivity contribution in [1.82, 2.24) is 10.6 Å². The van der Waals surface area contributed by atoms with E-state index in [1.807, 2.05) is 12.1 Å². The zero-order valence-corrected chi connectivity index (χ0v) is 16.9. The van der Waals surface area contributed by atoms with Crippen LogP contribution >= 0.6 is 0 Å². The van der Waals surface area contributed by atoms with Gasteiger partial charge in [0.2, 0.25) is 15.9 Å². The van der Waals surface area contributed by atoms with Crippen LogP contribution in [0.15, 0.2) is 24.3 Å². The van der Waals surface area contributed by atoms with Gasteiger partial charge in [-0.1, -0.05) is 18.2 Å². The average molecular weight is 397 g/mol. The highest BCUT2D eigenvalue weighted by atomic mass is 32.2. The third kappa shape index (κ3) is 5.85. The number of para-hydroxylation sites is 1. The minimum atomic E-state index is -3.54. The maximum Gasteiger partial charge on any atom is 0.408 e. The van der Waals surface area contributed by atoms with Crippen LogP contribution in [0.5, 0.6) is 0 Å². The zero-order chi connectivity index (χ0) is 20.2. The van der Waals surface area contributed by atoms with Crippen molar-refractivity contribution in [2.24, 2.45) is 0 Å². The molecule has 1 heterocycles. The number of anilines is 1. The van der Waals surface area contributed by atoms with Crippen molar-refractivity contribution in [1.29, 1.82) is 0 Å².